The van der Waals surface area contributed by atoms with Crippen LogP contribution in [0, 0.1) is 13.8 Å². The zero-order valence-electron chi connectivity index (χ0n) is 16.4. The molecule has 152 valence electrons. The van der Waals surface area contributed by atoms with Gasteiger partial charge in [0.05, 0.1) is 17.8 Å². The molecule has 0 saturated heterocycles. The number of benzene rings is 1. The summed E-state index contributed by atoms with van der Waals surface area (Å²) in [6.45, 7) is 4.16. The highest BCUT2D eigenvalue weighted by atomic mass is 32.2. The smallest absolute Gasteiger partial charge is 0.296 e. The highest BCUT2D eigenvalue weighted by Gasteiger charge is 2.17. The molecule has 0 aliphatic rings. The van der Waals surface area contributed by atoms with Crippen LogP contribution < -0.4 is 5.56 Å². The van der Waals surface area contributed by atoms with E-state index in [4.69, 9.17) is 0 Å². The van der Waals surface area contributed by atoms with Crippen LogP contribution in [0.3, 0.4) is 0 Å². The predicted octanol–water partition coefficient (Wildman–Crippen LogP) is 3.37. The van der Waals surface area contributed by atoms with Crippen molar-refractivity contribution < 1.29 is 13.0 Å². The molecule has 0 spiro atoms. The second-order valence-corrected chi connectivity index (χ2v) is 8.45. The molecule has 30 heavy (non-hydrogen) atoms. The summed E-state index contributed by atoms with van der Waals surface area (Å²) in [6, 6.07) is 15.0. The van der Waals surface area contributed by atoms with Crippen molar-refractivity contribution in [2.24, 2.45) is 0 Å². The van der Waals surface area contributed by atoms with Gasteiger partial charge in [0.15, 0.2) is 0 Å². The maximum Gasteiger partial charge on any atom is 0.296 e. The number of hydrogen-bond acceptors (Lipinski definition) is 5. The molecular weight excluding hydrogens is 402 g/mol. The first-order valence-electron chi connectivity index (χ1n) is 9.23. The third kappa shape index (κ3) is 3.74. The van der Waals surface area contributed by atoms with E-state index in [1.54, 1.807) is 22.8 Å². The first-order valence-corrected chi connectivity index (χ1v) is 10.7. The van der Waals surface area contributed by atoms with Crippen LogP contribution in [0.5, 0.6) is 0 Å². The summed E-state index contributed by atoms with van der Waals surface area (Å²) in [6.07, 6.45) is 1.46. The van der Waals surface area contributed by atoms with Gasteiger partial charge >= 0.3 is 0 Å². The minimum atomic E-state index is -4.39. The Labute approximate surface area is 173 Å². The molecule has 3 heterocycles. The van der Waals surface area contributed by atoms with Crippen molar-refractivity contribution in [1.29, 1.82) is 0 Å². The van der Waals surface area contributed by atoms with Crippen molar-refractivity contribution in [3.63, 3.8) is 0 Å². The fourth-order valence-corrected chi connectivity index (χ4v) is 4.21. The Morgan fingerprint density at radius 2 is 1.77 bits per heavy atom. The lowest BCUT2D eigenvalue weighted by Gasteiger charge is -2.13. The minimum absolute atomic E-state index is 0.116. The molecule has 0 atom stereocenters. The van der Waals surface area contributed by atoms with Crippen molar-refractivity contribution >= 4 is 21.0 Å². The maximum atomic E-state index is 12.5. The van der Waals surface area contributed by atoms with Gasteiger partial charge in [0.1, 0.15) is 4.90 Å². The van der Waals surface area contributed by atoms with Crippen LogP contribution in [0.2, 0.25) is 0 Å². The molecule has 0 amide bonds. The Morgan fingerprint density at radius 3 is 2.47 bits per heavy atom. The molecule has 0 radical (unpaired) electrons. The Hall–Kier alpha value is -3.36. The first-order chi connectivity index (χ1) is 14.2. The summed E-state index contributed by atoms with van der Waals surface area (Å²) in [5.74, 6) is 0. The average molecular weight is 421 g/mol. The number of aryl methyl sites for hydroxylation is 2. The molecular formula is C22H19N3O4S. The van der Waals surface area contributed by atoms with E-state index in [0.29, 0.717) is 12.1 Å². The molecule has 0 saturated carbocycles. The lowest BCUT2D eigenvalue weighted by Crippen LogP contribution is -2.20. The molecule has 0 aliphatic heterocycles. The van der Waals surface area contributed by atoms with E-state index in [9.17, 15) is 17.8 Å². The summed E-state index contributed by atoms with van der Waals surface area (Å²) in [5, 5.41) is 0.920. The van der Waals surface area contributed by atoms with Crippen LogP contribution in [0.25, 0.3) is 22.2 Å². The van der Waals surface area contributed by atoms with Gasteiger partial charge in [0.2, 0.25) is 0 Å². The van der Waals surface area contributed by atoms with Gasteiger partial charge in [-0.1, -0.05) is 24.3 Å². The van der Waals surface area contributed by atoms with Gasteiger partial charge in [-0.3, -0.25) is 19.3 Å². The lowest BCUT2D eigenvalue weighted by molar-refractivity contribution is 0.483. The zero-order valence-corrected chi connectivity index (χ0v) is 17.2. The maximum absolute atomic E-state index is 12.5. The number of hydrogen-bond donors (Lipinski definition) is 1. The summed E-state index contributed by atoms with van der Waals surface area (Å²) in [7, 11) is -4.39. The molecule has 4 aromatic rings. The van der Waals surface area contributed by atoms with Crippen molar-refractivity contribution in [2.75, 3.05) is 0 Å². The third-order valence-corrected chi connectivity index (χ3v) is 5.81. The van der Waals surface area contributed by atoms with Gasteiger partial charge in [0, 0.05) is 34.6 Å². The van der Waals surface area contributed by atoms with E-state index in [2.05, 4.69) is 9.97 Å². The van der Waals surface area contributed by atoms with E-state index >= 15 is 0 Å². The highest BCUT2D eigenvalue weighted by Crippen LogP contribution is 2.25. The fourth-order valence-electron chi connectivity index (χ4n) is 3.54. The number of nitrogens with zero attached hydrogens (tertiary/aromatic N) is 3. The molecule has 0 aliphatic carbocycles. The van der Waals surface area contributed by atoms with E-state index in [-0.39, 0.29) is 16.1 Å². The van der Waals surface area contributed by atoms with Crippen LogP contribution in [0.1, 0.15) is 17.0 Å². The number of pyridine rings is 3. The topological polar surface area (TPSA) is 102 Å². The Morgan fingerprint density at radius 1 is 1.03 bits per heavy atom. The lowest BCUT2D eigenvalue weighted by atomic mass is 10.1. The van der Waals surface area contributed by atoms with Crippen LogP contribution in [0.4, 0.5) is 0 Å². The normalized spacial score (nSPS) is 11.7. The van der Waals surface area contributed by atoms with Crippen molar-refractivity contribution in [1.82, 2.24) is 14.5 Å². The van der Waals surface area contributed by atoms with E-state index in [0.717, 1.165) is 27.9 Å². The first kappa shape index (κ1) is 19.9. The Bertz CT molecular complexity index is 1430. The standard InChI is InChI=1S/C22H19N3O4S/c1-14-12-19-18(15(2)24-14)9-10-21(26)25(19)13-16-5-7-17(8-6-16)22-20(30(27,28)29)4-3-11-23-22/h3-12H,13H2,1-2H3,(H,27,28,29). The number of fused-ring (bicyclic) bond motifs is 1. The summed E-state index contributed by atoms with van der Waals surface area (Å²) in [4.78, 5) is 20.9. The third-order valence-electron chi connectivity index (χ3n) is 4.92. The van der Waals surface area contributed by atoms with E-state index in [1.807, 2.05) is 32.0 Å². The molecule has 3 aromatic heterocycles. The van der Waals surface area contributed by atoms with E-state index in [1.165, 1.54) is 24.4 Å². The molecule has 4 rings (SSSR count). The van der Waals surface area contributed by atoms with Gasteiger partial charge in [-0.05, 0) is 43.7 Å². The van der Waals surface area contributed by atoms with Crippen LogP contribution in [0.15, 0.2) is 70.5 Å². The second kappa shape index (κ2) is 7.47. The van der Waals surface area contributed by atoms with Gasteiger partial charge < -0.3 is 4.57 Å². The van der Waals surface area contributed by atoms with Crippen LogP contribution in [-0.2, 0) is 16.7 Å². The monoisotopic (exact) mass is 421 g/mol. The highest BCUT2D eigenvalue weighted by molar-refractivity contribution is 7.86. The van der Waals surface area contributed by atoms with Crippen molar-refractivity contribution in [3.05, 3.63) is 88.1 Å². The van der Waals surface area contributed by atoms with Gasteiger partial charge in [-0.25, -0.2) is 0 Å². The summed E-state index contributed by atoms with van der Waals surface area (Å²) < 4.78 is 34.4. The summed E-state index contributed by atoms with van der Waals surface area (Å²) in [5.41, 5.74) is 3.98. The molecule has 8 heteroatoms. The number of rotatable bonds is 4. The van der Waals surface area contributed by atoms with Gasteiger partial charge in [-0.15, -0.1) is 0 Å². The fraction of sp³-hybridized carbons (Fsp3) is 0.136. The largest absolute Gasteiger partial charge is 0.304 e. The zero-order chi connectivity index (χ0) is 21.5. The van der Waals surface area contributed by atoms with Gasteiger partial charge in [-0.2, -0.15) is 8.42 Å². The summed E-state index contributed by atoms with van der Waals surface area (Å²) >= 11 is 0. The van der Waals surface area contributed by atoms with Crippen LogP contribution in [-0.4, -0.2) is 27.5 Å². The van der Waals surface area contributed by atoms with E-state index < -0.39 is 10.1 Å². The SMILES string of the molecule is Cc1cc2c(ccc(=O)n2Cc2ccc(-c3ncccc3S(=O)(=O)O)cc2)c(C)n1. The molecule has 7 nitrogen and oxygen atoms in total. The second-order valence-electron chi connectivity index (χ2n) is 7.06. The predicted molar refractivity (Wildman–Crippen MR) is 114 cm³/mol. The minimum Gasteiger partial charge on any atom is -0.304 e. The van der Waals surface area contributed by atoms with Crippen molar-refractivity contribution in [3.8, 4) is 11.3 Å². The Kier molecular flexibility index (Phi) is 4.97. The molecule has 1 aromatic carbocycles. The average Bonchev–Trinajstić information content (AvgIpc) is 2.70. The number of aromatic nitrogens is 3. The van der Waals surface area contributed by atoms with Crippen molar-refractivity contribution in [2.45, 2.75) is 25.3 Å². The molecule has 0 unspecified atom stereocenters. The van der Waals surface area contributed by atoms with Gasteiger partial charge in [0.25, 0.3) is 15.7 Å². The molecule has 0 fully saturated rings. The Balaban J connectivity index is 1.75. The molecule has 1 N–H and O–H groups in total. The quantitative estimate of drug-likeness (QED) is 0.507. The van der Waals surface area contributed by atoms with Crippen LogP contribution >= 0.6 is 0 Å². The molecule has 0 bridgehead atoms.